The summed E-state index contributed by atoms with van der Waals surface area (Å²) in [5.74, 6) is 5.29. The van der Waals surface area contributed by atoms with Crippen LogP contribution >= 0.6 is 11.6 Å². The van der Waals surface area contributed by atoms with E-state index < -0.39 is 20.7 Å². The van der Waals surface area contributed by atoms with Gasteiger partial charge in [0.05, 0.1) is 17.4 Å². The van der Waals surface area contributed by atoms with E-state index in [1.807, 2.05) is 0 Å². The van der Waals surface area contributed by atoms with Crippen LogP contribution in [0.25, 0.3) is 0 Å². The van der Waals surface area contributed by atoms with Crippen molar-refractivity contribution in [3.05, 3.63) is 28.3 Å². The number of amides is 1. The molecule has 1 unspecified atom stereocenters. The first-order valence-electron chi connectivity index (χ1n) is 11.1. The number of carbonyl (C=O) groups excluding carboxylic acids is 2. The molecule has 1 atom stereocenters. The van der Waals surface area contributed by atoms with Crippen molar-refractivity contribution in [3.8, 4) is 11.8 Å². The lowest BCUT2D eigenvalue weighted by atomic mass is 9.87. The number of rotatable bonds is 8. The van der Waals surface area contributed by atoms with Crippen molar-refractivity contribution in [2.45, 2.75) is 60.2 Å². The molecule has 0 spiro atoms. The van der Waals surface area contributed by atoms with Gasteiger partial charge in [-0.2, -0.15) is 0 Å². The lowest BCUT2D eigenvalue weighted by Crippen LogP contribution is -2.38. The van der Waals surface area contributed by atoms with Gasteiger partial charge in [-0.15, -0.1) is 0 Å². The van der Waals surface area contributed by atoms with Crippen LogP contribution in [0.1, 0.15) is 57.0 Å². The molecule has 0 aromatic heterocycles. The Labute approximate surface area is 193 Å². The molecule has 0 aliphatic carbocycles. The Morgan fingerprint density at radius 3 is 2.39 bits per heavy atom. The number of fused-ring (bicyclic) bond motifs is 1. The second-order valence-corrected chi connectivity index (χ2v) is 12.0. The summed E-state index contributed by atoms with van der Waals surface area (Å²) in [5.41, 5.74) is 1.42. The molecular weight excluding hydrogens is 428 g/mol. The molecule has 1 aromatic rings. The summed E-state index contributed by atoms with van der Waals surface area (Å²) in [6, 6.07) is 3.37. The lowest BCUT2D eigenvalue weighted by Gasteiger charge is -2.31. The van der Waals surface area contributed by atoms with Crippen molar-refractivity contribution in [3.63, 3.8) is 0 Å². The summed E-state index contributed by atoms with van der Waals surface area (Å²) in [7, 11) is -1.21. The van der Waals surface area contributed by atoms with Gasteiger partial charge in [-0.1, -0.05) is 58.1 Å². The van der Waals surface area contributed by atoms with Gasteiger partial charge >= 0.3 is 0 Å². The maximum Gasteiger partial charge on any atom is 0.299 e. The summed E-state index contributed by atoms with van der Waals surface area (Å²) in [6.07, 6.45) is 0.575. The molecule has 5 nitrogen and oxygen atoms in total. The monoisotopic (exact) mass is 462 g/mol. The second kappa shape index (κ2) is 10.8. The van der Waals surface area contributed by atoms with Crippen molar-refractivity contribution < 1.29 is 14.0 Å². The van der Waals surface area contributed by atoms with E-state index in [2.05, 4.69) is 64.5 Å². The molecule has 1 aliphatic heterocycles. The summed E-state index contributed by atoms with van der Waals surface area (Å²) in [5, 5.41) is 0.469. The number of halogens is 1. The molecule has 1 heterocycles. The van der Waals surface area contributed by atoms with Crippen LogP contribution in [0.4, 0.5) is 5.69 Å². The van der Waals surface area contributed by atoms with Crippen molar-refractivity contribution >= 4 is 38.0 Å². The van der Waals surface area contributed by atoms with Gasteiger partial charge in [-0.05, 0) is 43.7 Å². The number of anilines is 1. The number of nitrogens with zero attached hydrogens (tertiary/aromatic N) is 2. The Hall–Kier alpha value is -1.65. The van der Waals surface area contributed by atoms with Crippen LogP contribution in [0.15, 0.2) is 12.1 Å². The van der Waals surface area contributed by atoms with Crippen LogP contribution in [-0.4, -0.2) is 57.9 Å². The highest BCUT2D eigenvalue weighted by molar-refractivity contribution is 6.53. The molecule has 1 aromatic carbocycles. The van der Waals surface area contributed by atoms with Crippen LogP contribution in [0.5, 0.6) is 0 Å². The number of carbonyl (C=O) groups is 2. The van der Waals surface area contributed by atoms with Crippen LogP contribution in [0.3, 0.4) is 0 Å². The zero-order valence-corrected chi connectivity index (χ0v) is 21.8. The Morgan fingerprint density at radius 2 is 1.84 bits per heavy atom. The molecule has 0 bridgehead atoms. The SMILES string of the molecule is CCN(CC)CCN1C(=O)C(=O)c2c(C#CCC(O[SiH](C)C)C(C)(C)C)cc(Cl)cc21. The van der Waals surface area contributed by atoms with Crippen LogP contribution in [0, 0.1) is 17.3 Å². The first-order valence-corrected chi connectivity index (χ1v) is 14.2. The largest absolute Gasteiger partial charge is 0.416 e. The van der Waals surface area contributed by atoms with Gasteiger partial charge in [0.1, 0.15) is 0 Å². The Kier molecular flexibility index (Phi) is 8.90. The molecule has 1 amide bonds. The van der Waals surface area contributed by atoms with Crippen molar-refractivity contribution in [2.24, 2.45) is 5.41 Å². The highest BCUT2D eigenvalue weighted by atomic mass is 35.5. The van der Waals surface area contributed by atoms with Crippen LogP contribution < -0.4 is 4.90 Å². The minimum absolute atomic E-state index is 0.0156. The van der Waals surface area contributed by atoms with Gasteiger partial charge in [0.2, 0.25) is 0 Å². The van der Waals surface area contributed by atoms with Crippen molar-refractivity contribution in [1.82, 2.24) is 4.90 Å². The fourth-order valence-corrected chi connectivity index (χ4v) is 4.98. The van der Waals surface area contributed by atoms with E-state index >= 15 is 0 Å². The first kappa shape index (κ1) is 25.6. The topological polar surface area (TPSA) is 49.9 Å². The standard InChI is InChI=1S/C24H35ClN2O3Si/c1-8-26(9-2)13-14-27-19-16-18(25)15-17(21(19)22(28)23(27)29)11-10-12-20(24(3,4)5)30-31(6)7/h15-16,20,31H,8-9,12-14H2,1-7H3. The van der Waals surface area contributed by atoms with Gasteiger partial charge in [0, 0.05) is 30.1 Å². The third-order valence-electron chi connectivity index (χ3n) is 5.49. The summed E-state index contributed by atoms with van der Waals surface area (Å²) >= 11 is 6.34. The third-order valence-corrected chi connectivity index (χ3v) is 6.58. The Balaban J connectivity index is 2.33. The number of hydrogen-bond acceptors (Lipinski definition) is 4. The smallest absolute Gasteiger partial charge is 0.299 e. The Morgan fingerprint density at radius 1 is 1.19 bits per heavy atom. The molecule has 170 valence electrons. The summed E-state index contributed by atoms with van der Waals surface area (Å²) < 4.78 is 6.18. The summed E-state index contributed by atoms with van der Waals surface area (Å²) in [4.78, 5) is 29.2. The molecule has 2 rings (SSSR count). The number of Topliss-reactive ketones (excluding diaryl/α,β-unsaturated/α-hetero) is 1. The second-order valence-electron chi connectivity index (χ2n) is 9.21. The van der Waals surface area contributed by atoms with Gasteiger partial charge < -0.3 is 14.2 Å². The average molecular weight is 463 g/mol. The fraction of sp³-hybridized carbons (Fsp3) is 0.583. The van der Waals surface area contributed by atoms with E-state index in [0.29, 0.717) is 41.3 Å². The normalized spacial score (nSPS) is 14.8. The molecule has 31 heavy (non-hydrogen) atoms. The molecule has 0 radical (unpaired) electrons. The zero-order chi connectivity index (χ0) is 23.3. The van der Waals surface area contributed by atoms with Gasteiger partial charge in [-0.25, -0.2) is 0 Å². The predicted molar refractivity (Wildman–Crippen MR) is 131 cm³/mol. The first-order chi connectivity index (χ1) is 14.5. The molecular formula is C24H35ClN2O3Si. The van der Waals surface area contributed by atoms with Gasteiger partial charge in [0.15, 0.2) is 9.04 Å². The van der Waals surface area contributed by atoms with E-state index in [9.17, 15) is 9.59 Å². The molecule has 0 saturated heterocycles. The van der Waals surface area contributed by atoms with Crippen molar-refractivity contribution in [2.75, 3.05) is 31.1 Å². The van der Waals surface area contributed by atoms with E-state index in [1.165, 1.54) is 0 Å². The predicted octanol–water partition coefficient (Wildman–Crippen LogP) is 4.37. The number of benzene rings is 1. The quantitative estimate of drug-likeness (QED) is 0.327. The third kappa shape index (κ3) is 6.42. The molecule has 1 aliphatic rings. The highest BCUT2D eigenvalue weighted by Crippen LogP contribution is 2.34. The average Bonchev–Trinajstić information content (AvgIpc) is 2.91. The number of likely N-dealkylation sites (N-methyl/N-ethyl adjacent to an activating group) is 1. The maximum atomic E-state index is 12.8. The van der Waals surface area contributed by atoms with E-state index in [1.54, 1.807) is 17.0 Å². The number of hydrogen-bond donors (Lipinski definition) is 0. The van der Waals surface area contributed by atoms with Crippen LogP contribution in [0.2, 0.25) is 18.1 Å². The molecule has 0 saturated carbocycles. The highest BCUT2D eigenvalue weighted by Gasteiger charge is 2.38. The summed E-state index contributed by atoms with van der Waals surface area (Å²) in [6.45, 7) is 17.8. The number of ketones is 1. The molecule has 7 heteroatoms. The minimum Gasteiger partial charge on any atom is -0.416 e. The minimum atomic E-state index is -1.21. The van der Waals surface area contributed by atoms with E-state index in [0.717, 1.165) is 13.1 Å². The van der Waals surface area contributed by atoms with E-state index in [-0.39, 0.29) is 11.5 Å². The Bertz CT molecular complexity index is 879. The zero-order valence-electron chi connectivity index (χ0n) is 19.8. The van der Waals surface area contributed by atoms with Crippen LogP contribution in [-0.2, 0) is 9.22 Å². The molecule has 0 fully saturated rings. The van der Waals surface area contributed by atoms with E-state index in [4.69, 9.17) is 16.0 Å². The maximum absolute atomic E-state index is 12.8. The van der Waals surface area contributed by atoms with Gasteiger partial charge in [-0.3, -0.25) is 9.59 Å². The molecule has 0 N–H and O–H groups in total. The fourth-order valence-electron chi connectivity index (χ4n) is 3.61. The van der Waals surface area contributed by atoms with Crippen molar-refractivity contribution in [1.29, 1.82) is 0 Å². The lowest BCUT2D eigenvalue weighted by molar-refractivity contribution is -0.114. The van der Waals surface area contributed by atoms with Gasteiger partial charge in [0.25, 0.3) is 11.7 Å².